The summed E-state index contributed by atoms with van der Waals surface area (Å²) in [5.41, 5.74) is -0.809. The van der Waals surface area contributed by atoms with Gasteiger partial charge in [0.2, 0.25) is 0 Å². The van der Waals surface area contributed by atoms with Gasteiger partial charge in [0.1, 0.15) is 0 Å². The molecule has 1 N–H and O–H groups in total. The molecule has 2 aromatic carbocycles. The zero-order chi connectivity index (χ0) is 20.5. The molecule has 0 aromatic heterocycles. The molecular weight excluding hydrogens is 435 g/mol. The molecule has 0 radical (unpaired) electrons. The summed E-state index contributed by atoms with van der Waals surface area (Å²) in [5, 5.41) is 1.83. The van der Waals surface area contributed by atoms with Crippen LogP contribution in [0.4, 0.5) is 18.9 Å². The van der Waals surface area contributed by atoms with E-state index in [1.54, 1.807) is 24.3 Å². The summed E-state index contributed by atoms with van der Waals surface area (Å²) >= 11 is 6.88. The van der Waals surface area contributed by atoms with E-state index in [1.807, 2.05) is 0 Å². The van der Waals surface area contributed by atoms with Gasteiger partial charge in [0.15, 0.2) is 9.84 Å². The molecule has 10 heteroatoms. The summed E-state index contributed by atoms with van der Waals surface area (Å²) in [6.07, 6.45) is -4.14. The van der Waals surface area contributed by atoms with Gasteiger partial charge in [-0.2, -0.15) is 13.2 Å². The van der Waals surface area contributed by atoms with Crippen molar-refractivity contribution in [3.63, 3.8) is 0 Å². The highest BCUT2D eigenvalue weighted by Crippen LogP contribution is 2.37. The van der Waals surface area contributed by atoms with Gasteiger partial charge in [-0.25, -0.2) is 8.42 Å². The quantitative estimate of drug-likeness (QED) is 0.721. The van der Waals surface area contributed by atoms with Gasteiger partial charge in [-0.3, -0.25) is 4.79 Å². The molecule has 0 spiro atoms. The number of amides is 1. The average Bonchev–Trinajstić information content (AvgIpc) is 2.94. The summed E-state index contributed by atoms with van der Waals surface area (Å²) in [7, 11) is -3.06. The molecule has 1 amide bonds. The Morgan fingerprint density at radius 1 is 1.18 bits per heavy atom. The average molecular weight is 450 g/mol. The lowest BCUT2D eigenvalue weighted by Crippen LogP contribution is -2.15. The van der Waals surface area contributed by atoms with Gasteiger partial charge in [0.05, 0.1) is 27.7 Å². The van der Waals surface area contributed by atoms with E-state index >= 15 is 0 Å². The minimum atomic E-state index is -4.64. The molecule has 1 saturated heterocycles. The molecule has 1 aliphatic heterocycles. The van der Waals surface area contributed by atoms with Crippen molar-refractivity contribution >= 4 is 44.8 Å². The molecule has 1 heterocycles. The van der Waals surface area contributed by atoms with Gasteiger partial charge in [-0.05, 0) is 36.8 Å². The molecule has 4 nitrogen and oxygen atoms in total. The first-order valence-electron chi connectivity index (χ1n) is 8.19. The molecular formula is C18H15ClF3NO3S2. The molecule has 0 saturated carbocycles. The summed E-state index contributed by atoms with van der Waals surface area (Å²) in [6.45, 7) is 0. The van der Waals surface area contributed by atoms with Crippen LogP contribution in [0.3, 0.4) is 0 Å². The normalized spacial score (nSPS) is 18.8. The number of alkyl halides is 3. The maximum atomic E-state index is 13.0. The van der Waals surface area contributed by atoms with Crippen LogP contribution >= 0.6 is 23.4 Å². The van der Waals surface area contributed by atoms with Crippen LogP contribution in [0.25, 0.3) is 0 Å². The highest BCUT2D eigenvalue weighted by molar-refractivity contribution is 8.02. The Bertz CT molecular complexity index is 1010. The molecule has 3 rings (SSSR count). The fourth-order valence-corrected chi connectivity index (χ4v) is 6.66. The maximum absolute atomic E-state index is 13.0. The second kappa shape index (κ2) is 7.96. The predicted octanol–water partition coefficient (Wildman–Crippen LogP) is 4.89. The number of hydrogen-bond donors (Lipinski definition) is 1. The van der Waals surface area contributed by atoms with E-state index < -0.39 is 32.5 Å². The number of nitrogens with one attached hydrogen (secondary N) is 1. The van der Waals surface area contributed by atoms with E-state index in [0.29, 0.717) is 11.3 Å². The first-order chi connectivity index (χ1) is 13.0. The first kappa shape index (κ1) is 21.0. The first-order valence-corrected chi connectivity index (χ1v) is 11.3. The lowest BCUT2D eigenvalue weighted by atomic mass is 10.1. The van der Waals surface area contributed by atoms with E-state index in [9.17, 15) is 26.4 Å². The van der Waals surface area contributed by atoms with Crippen LogP contribution in [0.2, 0.25) is 5.02 Å². The van der Waals surface area contributed by atoms with Gasteiger partial charge in [-0.15, -0.1) is 11.8 Å². The number of anilines is 1. The van der Waals surface area contributed by atoms with Crippen LogP contribution in [0.5, 0.6) is 0 Å². The fourth-order valence-electron chi connectivity index (χ4n) is 2.81. The van der Waals surface area contributed by atoms with Crippen LogP contribution in [0.1, 0.15) is 22.3 Å². The van der Waals surface area contributed by atoms with Crippen LogP contribution in [0, 0.1) is 0 Å². The van der Waals surface area contributed by atoms with Gasteiger partial charge in [0, 0.05) is 15.8 Å². The second-order valence-corrected chi connectivity index (χ2v) is 10.3. The van der Waals surface area contributed by atoms with Gasteiger partial charge < -0.3 is 5.32 Å². The number of carbonyl (C=O) groups excluding carboxylic acids is 1. The Morgan fingerprint density at radius 2 is 1.89 bits per heavy atom. The molecule has 150 valence electrons. The standard InChI is InChI=1S/C18H15ClF3NO3S2/c19-15-6-5-11(9-14(15)18(20,21)22)23-17(24)13-3-1-2-4-16(13)27-12-7-8-28(25,26)10-12/h1-6,9,12H,7-8,10H2,(H,23,24). The summed E-state index contributed by atoms with van der Waals surface area (Å²) < 4.78 is 62.3. The smallest absolute Gasteiger partial charge is 0.322 e. The number of sulfone groups is 1. The van der Waals surface area contributed by atoms with Crippen LogP contribution in [-0.4, -0.2) is 31.1 Å². The Balaban J connectivity index is 1.80. The van der Waals surface area contributed by atoms with Crippen molar-refractivity contribution in [3.8, 4) is 0 Å². The molecule has 1 atom stereocenters. The third-order valence-corrected chi connectivity index (χ3v) is 7.80. The molecule has 0 bridgehead atoms. The third-order valence-electron chi connectivity index (χ3n) is 4.15. The molecule has 2 aromatic rings. The third kappa shape index (κ3) is 5.01. The van der Waals surface area contributed by atoms with Crippen molar-refractivity contribution in [2.24, 2.45) is 0 Å². The van der Waals surface area contributed by atoms with Crippen LogP contribution < -0.4 is 5.32 Å². The summed E-state index contributed by atoms with van der Waals surface area (Å²) in [6, 6.07) is 9.72. The lowest BCUT2D eigenvalue weighted by Gasteiger charge is -2.14. The van der Waals surface area contributed by atoms with E-state index in [1.165, 1.54) is 17.8 Å². The number of hydrogen-bond acceptors (Lipinski definition) is 4. The summed E-state index contributed by atoms with van der Waals surface area (Å²) in [4.78, 5) is 13.2. The highest BCUT2D eigenvalue weighted by Gasteiger charge is 2.33. The van der Waals surface area contributed by atoms with Crippen LogP contribution in [-0.2, 0) is 16.0 Å². The number of benzene rings is 2. The Morgan fingerprint density at radius 3 is 2.54 bits per heavy atom. The molecule has 0 aliphatic carbocycles. The van der Waals surface area contributed by atoms with Crippen molar-refractivity contribution in [1.29, 1.82) is 0 Å². The van der Waals surface area contributed by atoms with E-state index in [-0.39, 0.29) is 28.0 Å². The van der Waals surface area contributed by atoms with Crippen molar-refractivity contribution < 1.29 is 26.4 Å². The van der Waals surface area contributed by atoms with Crippen molar-refractivity contribution in [2.75, 3.05) is 16.8 Å². The van der Waals surface area contributed by atoms with Crippen molar-refractivity contribution in [1.82, 2.24) is 0 Å². The predicted molar refractivity (Wildman–Crippen MR) is 104 cm³/mol. The monoisotopic (exact) mass is 449 g/mol. The van der Waals surface area contributed by atoms with E-state index in [0.717, 1.165) is 12.1 Å². The van der Waals surface area contributed by atoms with E-state index in [2.05, 4.69) is 5.32 Å². The van der Waals surface area contributed by atoms with Gasteiger partial charge in [-0.1, -0.05) is 23.7 Å². The number of rotatable bonds is 4. The Labute approximate surface area is 169 Å². The van der Waals surface area contributed by atoms with E-state index in [4.69, 9.17) is 11.6 Å². The fraction of sp³-hybridized carbons (Fsp3) is 0.278. The van der Waals surface area contributed by atoms with Gasteiger partial charge in [0.25, 0.3) is 5.91 Å². The Hall–Kier alpha value is -1.71. The maximum Gasteiger partial charge on any atom is 0.417 e. The summed E-state index contributed by atoms with van der Waals surface area (Å²) in [5.74, 6) is -0.427. The molecule has 1 fully saturated rings. The number of halogens is 4. The minimum Gasteiger partial charge on any atom is -0.322 e. The lowest BCUT2D eigenvalue weighted by molar-refractivity contribution is -0.137. The number of carbonyl (C=O) groups is 1. The molecule has 28 heavy (non-hydrogen) atoms. The molecule has 1 unspecified atom stereocenters. The largest absolute Gasteiger partial charge is 0.417 e. The SMILES string of the molecule is O=C(Nc1ccc(Cl)c(C(F)(F)F)c1)c1ccccc1SC1CCS(=O)(=O)C1. The van der Waals surface area contributed by atoms with Crippen molar-refractivity contribution in [3.05, 3.63) is 58.6 Å². The zero-order valence-electron chi connectivity index (χ0n) is 14.3. The topological polar surface area (TPSA) is 63.2 Å². The van der Waals surface area contributed by atoms with Crippen LogP contribution in [0.15, 0.2) is 47.4 Å². The number of thioether (sulfide) groups is 1. The Kier molecular flexibility index (Phi) is 5.97. The highest BCUT2D eigenvalue weighted by atomic mass is 35.5. The minimum absolute atomic E-state index is 0.0371. The van der Waals surface area contributed by atoms with Crippen molar-refractivity contribution in [2.45, 2.75) is 22.7 Å². The van der Waals surface area contributed by atoms with Gasteiger partial charge >= 0.3 is 6.18 Å². The zero-order valence-corrected chi connectivity index (χ0v) is 16.7. The molecule has 1 aliphatic rings. The second-order valence-electron chi connectivity index (χ2n) is 6.29.